The Morgan fingerprint density at radius 2 is 1.86 bits per heavy atom. The first-order chi connectivity index (χ1) is 13.6. The molecule has 152 valence electrons. The van der Waals surface area contributed by atoms with Gasteiger partial charge in [-0.25, -0.2) is 9.97 Å². The molecule has 0 unspecified atom stereocenters. The van der Waals surface area contributed by atoms with Gasteiger partial charge in [-0.05, 0) is 38.0 Å². The van der Waals surface area contributed by atoms with E-state index in [0.29, 0.717) is 31.3 Å². The summed E-state index contributed by atoms with van der Waals surface area (Å²) in [6, 6.07) is 0.0148. The van der Waals surface area contributed by atoms with Gasteiger partial charge in [-0.2, -0.15) is 0 Å². The van der Waals surface area contributed by atoms with Gasteiger partial charge in [0, 0.05) is 51.2 Å². The number of likely N-dealkylation sites (tertiary alicyclic amines) is 1. The zero-order chi connectivity index (χ0) is 19.5. The van der Waals surface area contributed by atoms with Gasteiger partial charge in [0.05, 0.1) is 11.7 Å². The van der Waals surface area contributed by atoms with Crippen molar-refractivity contribution >= 4 is 11.8 Å². The van der Waals surface area contributed by atoms with Crippen LogP contribution in [0.3, 0.4) is 0 Å². The van der Waals surface area contributed by atoms with Gasteiger partial charge < -0.3 is 9.80 Å². The lowest BCUT2D eigenvalue weighted by Gasteiger charge is -2.36. The average Bonchev–Trinajstić information content (AvgIpc) is 2.73. The van der Waals surface area contributed by atoms with E-state index in [4.69, 9.17) is 4.98 Å². The number of carbonyl (C=O) groups excluding carboxylic acids is 2. The predicted octanol–water partition coefficient (Wildman–Crippen LogP) is 3.41. The molecule has 28 heavy (non-hydrogen) atoms. The van der Waals surface area contributed by atoms with Crippen LogP contribution in [0.25, 0.3) is 0 Å². The van der Waals surface area contributed by atoms with Crippen LogP contribution in [0.2, 0.25) is 0 Å². The van der Waals surface area contributed by atoms with E-state index in [-0.39, 0.29) is 11.9 Å². The predicted molar refractivity (Wildman–Crippen MR) is 106 cm³/mol. The third kappa shape index (κ3) is 4.20. The quantitative estimate of drug-likeness (QED) is 0.801. The Bertz CT molecular complexity index is 729. The second kappa shape index (κ2) is 8.58. The number of nitrogens with zero attached hydrogens (tertiary/aromatic N) is 4. The van der Waals surface area contributed by atoms with Crippen molar-refractivity contribution in [3.8, 4) is 0 Å². The van der Waals surface area contributed by atoms with Crippen molar-refractivity contribution in [2.45, 2.75) is 83.7 Å². The summed E-state index contributed by atoms with van der Waals surface area (Å²) in [4.78, 5) is 38.1. The van der Waals surface area contributed by atoms with Gasteiger partial charge in [0.1, 0.15) is 0 Å². The van der Waals surface area contributed by atoms with Crippen molar-refractivity contribution in [2.24, 2.45) is 5.92 Å². The lowest BCUT2D eigenvalue weighted by Crippen LogP contribution is -2.40. The number of rotatable bonds is 3. The van der Waals surface area contributed by atoms with Crippen LogP contribution >= 0.6 is 0 Å². The summed E-state index contributed by atoms with van der Waals surface area (Å²) in [7, 11) is 0. The molecule has 4 rings (SSSR count). The Morgan fingerprint density at radius 3 is 2.64 bits per heavy atom. The number of carbonyl (C=O) groups is 2. The number of fused-ring (bicyclic) bond motifs is 1. The second-order valence-corrected chi connectivity index (χ2v) is 8.70. The van der Waals surface area contributed by atoms with Gasteiger partial charge in [0.2, 0.25) is 11.8 Å². The Balaban J connectivity index is 1.48. The SMILES string of the molecule is CC(=O)N1CCc2nc([C@@H]3CCCCN3C(=O)CC3CCCCC3)ncc2C1. The Labute approximate surface area is 167 Å². The molecule has 2 fully saturated rings. The molecule has 6 heteroatoms. The van der Waals surface area contributed by atoms with E-state index in [2.05, 4.69) is 9.88 Å². The zero-order valence-corrected chi connectivity index (χ0v) is 17.0. The summed E-state index contributed by atoms with van der Waals surface area (Å²) < 4.78 is 0. The van der Waals surface area contributed by atoms with E-state index in [0.717, 1.165) is 49.3 Å². The maximum Gasteiger partial charge on any atom is 0.223 e. The molecule has 1 aromatic rings. The molecular weight excluding hydrogens is 352 g/mol. The van der Waals surface area contributed by atoms with Crippen LogP contribution in [-0.4, -0.2) is 44.7 Å². The maximum atomic E-state index is 13.1. The number of piperidine rings is 1. The molecule has 0 bridgehead atoms. The fourth-order valence-electron chi connectivity index (χ4n) is 5.01. The highest BCUT2D eigenvalue weighted by molar-refractivity contribution is 5.77. The zero-order valence-electron chi connectivity index (χ0n) is 17.0. The highest BCUT2D eigenvalue weighted by Crippen LogP contribution is 2.33. The van der Waals surface area contributed by atoms with Crippen LogP contribution in [0.5, 0.6) is 0 Å². The number of amides is 2. The number of aromatic nitrogens is 2. The fourth-order valence-corrected chi connectivity index (χ4v) is 5.01. The molecule has 0 radical (unpaired) electrons. The molecule has 0 aromatic carbocycles. The first-order valence-electron chi connectivity index (χ1n) is 11.0. The van der Waals surface area contributed by atoms with Crippen LogP contribution in [0, 0.1) is 5.92 Å². The first kappa shape index (κ1) is 19.3. The van der Waals surface area contributed by atoms with Gasteiger partial charge in [-0.15, -0.1) is 0 Å². The molecular formula is C22H32N4O2. The topological polar surface area (TPSA) is 66.4 Å². The molecule has 1 aliphatic carbocycles. The van der Waals surface area contributed by atoms with Crippen LogP contribution in [0.15, 0.2) is 6.20 Å². The minimum absolute atomic E-state index is 0.0148. The van der Waals surface area contributed by atoms with Crippen LogP contribution < -0.4 is 0 Å². The van der Waals surface area contributed by atoms with Gasteiger partial charge in [-0.1, -0.05) is 19.3 Å². The summed E-state index contributed by atoms with van der Waals surface area (Å²) in [5.74, 6) is 1.75. The Hall–Kier alpha value is -1.98. The summed E-state index contributed by atoms with van der Waals surface area (Å²) in [5.41, 5.74) is 2.09. The minimum Gasteiger partial charge on any atom is -0.338 e. The number of hydrogen-bond acceptors (Lipinski definition) is 4. The van der Waals surface area contributed by atoms with Gasteiger partial charge in [-0.3, -0.25) is 9.59 Å². The van der Waals surface area contributed by atoms with Crippen molar-refractivity contribution in [3.63, 3.8) is 0 Å². The summed E-state index contributed by atoms with van der Waals surface area (Å²) in [5, 5.41) is 0. The van der Waals surface area contributed by atoms with Crippen molar-refractivity contribution in [3.05, 3.63) is 23.3 Å². The van der Waals surface area contributed by atoms with Crippen LogP contribution in [0.1, 0.15) is 87.8 Å². The maximum absolute atomic E-state index is 13.1. The molecule has 3 heterocycles. The van der Waals surface area contributed by atoms with Crippen molar-refractivity contribution < 1.29 is 9.59 Å². The molecule has 0 N–H and O–H groups in total. The molecule has 0 spiro atoms. The minimum atomic E-state index is 0.0148. The van der Waals surface area contributed by atoms with E-state index in [9.17, 15) is 9.59 Å². The summed E-state index contributed by atoms with van der Waals surface area (Å²) >= 11 is 0. The summed E-state index contributed by atoms with van der Waals surface area (Å²) in [6.07, 6.45) is 12.8. The van der Waals surface area contributed by atoms with Crippen molar-refractivity contribution in [1.29, 1.82) is 0 Å². The molecule has 6 nitrogen and oxygen atoms in total. The van der Waals surface area contributed by atoms with Gasteiger partial charge in [0.15, 0.2) is 5.82 Å². The van der Waals surface area contributed by atoms with E-state index in [1.165, 1.54) is 32.1 Å². The fraction of sp³-hybridized carbons (Fsp3) is 0.727. The lowest BCUT2D eigenvalue weighted by molar-refractivity contribution is -0.136. The largest absolute Gasteiger partial charge is 0.338 e. The molecule has 1 atom stereocenters. The van der Waals surface area contributed by atoms with Gasteiger partial charge >= 0.3 is 0 Å². The molecule has 1 aromatic heterocycles. The van der Waals surface area contributed by atoms with E-state index < -0.39 is 0 Å². The Kier molecular flexibility index (Phi) is 5.93. The van der Waals surface area contributed by atoms with Crippen molar-refractivity contribution in [2.75, 3.05) is 13.1 Å². The second-order valence-electron chi connectivity index (χ2n) is 8.70. The lowest BCUT2D eigenvalue weighted by atomic mass is 9.86. The van der Waals surface area contributed by atoms with E-state index >= 15 is 0 Å². The standard InChI is InChI=1S/C22H32N4O2/c1-16(27)25-12-10-19-18(15-25)14-23-22(24-19)20-9-5-6-11-26(20)21(28)13-17-7-3-2-4-8-17/h14,17,20H,2-13,15H2,1H3/t20-/m0/s1. The summed E-state index contributed by atoms with van der Waals surface area (Å²) in [6.45, 7) is 3.75. The highest BCUT2D eigenvalue weighted by atomic mass is 16.2. The normalized spacial score (nSPS) is 23.4. The third-order valence-electron chi connectivity index (χ3n) is 6.71. The molecule has 1 saturated carbocycles. The molecule has 1 saturated heterocycles. The average molecular weight is 385 g/mol. The van der Waals surface area contributed by atoms with E-state index in [1.807, 2.05) is 11.1 Å². The third-order valence-corrected chi connectivity index (χ3v) is 6.71. The van der Waals surface area contributed by atoms with Gasteiger partial charge in [0.25, 0.3) is 0 Å². The van der Waals surface area contributed by atoms with Crippen molar-refractivity contribution in [1.82, 2.24) is 19.8 Å². The molecule has 2 aliphatic heterocycles. The van der Waals surface area contributed by atoms with E-state index in [1.54, 1.807) is 6.92 Å². The smallest absolute Gasteiger partial charge is 0.223 e. The Morgan fingerprint density at radius 1 is 1.07 bits per heavy atom. The monoisotopic (exact) mass is 384 g/mol. The van der Waals surface area contributed by atoms with Crippen LogP contribution in [-0.2, 0) is 22.6 Å². The first-order valence-corrected chi connectivity index (χ1v) is 11.0. The van der Waals surface area contributed by atoms with Crippen LogP contribution in [0.4, 0.5) is 0 Å². The molecule has 3 aliphatic rings. The molecule has 2 amide bonds. The highest BCUT2D eigenvalue weighted by Gasteiger charge is 2.32. The number of hydrogen-bond donors (Lipinski definition) is 0.